The average Bonchev–Trinajstić information content (AvgIpc) is 2.89. The van der Waals surface area contributed by atoms with Crippen LogP contribution in [0.3, 0.4) is 0 Å². The van der Waals surface area contributed by atoms with Crippen molar-refractivity contribution in [3.63, 3.8) is 0 Å². The lowest BCUT2D eigenvalue weighted by Gasteiger charge is -2.11. The zero-order chi connectivity index (χ0) is 15.4. The molecular formula is C18H24N2S. The number of fused-ring (bicyclic) bond motifs is 3. The highest BCUT2D eigenvalue weighted by Crippen LogP contribution is 2.35. The first-order valence-electron chi connectivity index (χ1n) is 7.90. The van der Waals surface area contributed by atoms with Gasteiger partial charge in [-0.15, -0.1) is 11.3 Å². The molecule has 0 aliphatic heterocycles. The summed E-state index contributed by atoms with van der Waals surface area (Å²) in [5.41, 5.74) is 1.12. The van der Waals surface area contributed by atoms with Crippen LogP contribution in [0.2, 0.25) is 0 Å². The van der Waals surface area contributed by atoms with Gasteiger partial charge in [-0.05, 0) is 25.8 Å². The van der Waals surface area contributed by atoms with Gasteiger partial charge >= 0.3 is 0 Å². The van der Waals surface area contributed by atoms with Crippen molar-refractivity contribution in [3.8, 4) is 0 Å². The molecule has 21 heavy (non-hydrogen) atoms. The Balaban J connectivity index is 0.000000774. The lowest BCUT2D eigenvalue weighted by molar-refractivity contribution is 0.603. The van der Waals surface area contributed by atoms with Crippen LogP contribution >= 0.6 is 11.3 Å². The van der Waals surface area contributed by atoms with Crippen molar-refractivity contribution in [1.29, 1.82) is 0 Å². The maximum Gasteiger partial charge on any atom is 0.133 e. The van der Waals surface area contributed by atoms with Crippen molar-refractivity contribution in [1.82, 2.24) is 9.97 Å². The second-order valence-electron chi connectivity index (χ2n) is 4.96. The molecule has 0 bridgehead atoms. The van der Waals surface area contributed by atoms with Gasteiger partial charge in [0.1, 0.15) is 10.7 Å². The fourth-order valence-electron chi connectivity index (χ4n) is 2.65. The summed E-state index contributed by atoms with van der Waals surface area (Å²) in [6.07, 6.45) is 2.21. The highest BCUT2D eigenvalue weighted by atomic mass is 32.1. The van der Waals surface area contributed by atoms with E-state index in [1.807, 2.05) is 13.8 Å². The summed E-state index contributed by atoms with van der Waals surface area (Å²) >= 11 is 1.78. The van der Waals surface area contributed by atoms with Gasteiger partial charge in [0.15, 0.2) is 0 Å². The Kier molecular flexibility index (Phi) is 5.29. The van der Waals surface area contributed by atoms with Crippen LogP contribution in [0.15, 0.2) is 24.3 Å². The fraction of sp³-hybridized carbons (Fsp3) is 0.444. The molecule has 0 atom stereocenters. The summed E-state index contributed by atoms with van der Waals surface area (Å²) in [5.74, 6) is 1.50. The molecule has 0 N–H and O–H groups in total. The fourth-order valence-corrected chi connectivity index (χ4v) is 3.79. The van der Waals surface area contributed by atoms with Gasteiger partial charge in [-0.2, -0.15) is 0 Å². The largest absolute Gasteiger partial charge is 0.237 e. The van der Waals surface area contributed by atoms with Gasteiger partial charge in [0, 0.05) is 21.4 Å². The topological polar surface area (TPSA) is 25.8 Å². The molecule has 0 aliphatic rings. The molecular weight excluding hydrogens is 276 g/mol. The van der Waals surface area contributed by atoms with Crippen LogP contribution in [0.5, 0.6) is 0 Å². The smallest absolute Gasteiger partial charge is 0.133 e. The van der Waals surface area contributed by atoms with Gasteiger partial charge in [-0.1, -0.05) is 45.9 Å². The molecule has 0 aliphatic carbocycles. The summed E-state index contributed by atoms with van der Waals surface area (Å²) in [4.78, 5) is 10.7. The maximum absolute atomic E-state index is 4.82. The van der Waals surface area contributed by atoms with Gasteiger partial charge in [0.05, 0.1) is 5.69 Å². The first kappa shape index (κ1) is 15.9. The van der Waals surface area contributed by atoms with Gasteiger partial charge in [-0.3, -0.25) is 0 Å². The van der Waals surface area contributed by atoms with Crippen LogP contribution in [0, 0.1) is 6.92 Å². The van der Waals surface area contributed by atoms with Crippen LogP contribution in [-0.2, 0) is 0 Å². The first-order chi connectivity index (χ1) is 10.2. The zero-order valence-electron chi connectivity index (χ0n) is 13.6. The minimum absolute atomic E-state index is 0.480. The first-order valence-corrected chi connectivity index (χ1v) is 8.72. The van der Waals surface area contributed by atoms with E-state index in [9.17, 15) is 0 Å². The second-order valence-corrected chi connectivity index (χ2v) is 5.99. The predicted molar refractivity (Wildman–Crippen MR) is 94.3 cm³/mol. The van der Waals surface area contributed by atoms with Crippen molar-refractivity contribution < 1.29 is 0 Å². The van der Waals surface area contributed by atoms with Gasteiger partial charge < -0.3 is 0 Å². The quantitative estimate of drug-likeness (QED) is 0.585. The van der Waals surface area contributed by atoms with Crippen molar-refractivity contribution >= 4 is 31.6 Å². The number of hydrogen-bond donors (Lipinski definition) is 0. The van der Waals surface area contributed by atoms with E-state index in [0.29, 0.717) is 5.92 Å². The summed E-state index contributed by atoms with van der Waals surface area (Å²) in [5, 5.41) is 2.52. The van der Waals surface area contributed by atoms with E-state index in [2.05, 4.69) is 45.0 Å². The lowest BCUT2D eigenvalue weighted by atomic mass is 10.0. The molecule has 2 aromatic heterocycles. The van der Waals surface area contributed by atoms with Crippen LogP contribution in [0.4, 0.5) is 0 Å². The number of nitrogens with zero attached hydrogens (tertiary/aromatic N) is 2. The molecule has 0 fully saturated rings. The molecule has 0 radical (unpaired) electrons. The molecule has 0 unspecified atom stereocenters. The Hall–Kier alpha value is -1.48. The molecule has 3 rings (SSSR count). The third-order valence-corrected chi connectivity index (χ3v) is 4.85. The van der Waals surface area contributed by atoms with Gasteiger partial charge in [-0.25, -0.2) is 9.97 Å². The number of aromatic nitrogens is 2. The Morgan fingerprint density at radius 3 is 2.38 bits per heavy atom. The van der Waals surface area contributed by atoms with Gasteiger partial charge in [0.25, 0.3) is 0 Å². The Bertz CT molecular complexity index is 726. The second kappa shape index (κ2) is 6.99. The Morgan fingerprint density at radius 2 is 1.71 bits per heavy atom. The number of hydrogen-bond acceptors (Lipinski definition) is 3. The van der Waals surface area contributed by atoms with Crippen molar-refractivity contribution in [2.45, 2.75) is 53.4 Å². The normalized spacial score (nSPS) is 11.0. The molecule has 2 nitrogen and oxygen atoms in total. The van der Waals surface area contributed by atoms with Crippen molar-refractivity contribution in [3.05, 3.63) is 35.8 Å². The standard InChI is InChI=1S/C16H18N2S.C2H6/c1-4-11(5-2)15-17-10(3)14-12-8-6-7-9-13(12)19-16(14)18-15;1-2/h6-9,11H,4-5H2,1-3H3;1-2H3. The molecule has 112 valence electrons. The highest BCUT2D eigenvalue weighted by molar-refractivity contribution is 7.25. The summed E-state index contributed by atoms with van der Waals surface area (Å²) in [6.45, 7) is 10.5. The zero-order valence-corrected chi connectivity index (χ0v) is 14.4. The number of thiophene rings is 1. The van der Waals surface area contributed by atoms with Crippen LogP contribution in [-0.4, -0.2) is 9.97 Å². The summed E-state index contributed by atoms with van der Waals surface area (Å²) in [6, 6.07) is 8.50. The summed E-state index contributed by atoms with van der Waals surface area (Å²) < 4.78 is 1.30. The third kappa shape index (κ3) is 2.93. The Labute approximate surface area is 131 Å². The molecule has 0 saturated carbocycles. The van der Waals surface area contributed by atoms with Gasteiger partial charge in [0.2, 0.25) is 0 Å². The van der Waals surface area contributed by atoms with Crippen LogP contribution in [0.1, 0.15) is 58.0 Å². The minimum atomic E-state index is 0.480. The number of benzene rings is 1. The van der Waals surface area contributed by atoms with Crippen molar-refractivity contribution in [2.75, 3.05) is 0 Å². The lowest BCUT2D eigenvalue weighted by Crippen LogP contribution is -2.03. The molecule has 2 heterocycles. The Morgan fingerprint density at radius 1 is 1.05 bits per heavy atom. The molecule has 3 heteroatoms. The minimum Gasteiger partial charge on any atom is -0.237 e. The summed E-state index contributed by atoms with van der Waals surface area (Å²) in [7, 11) is 0. The molecule has 0 amide bonds. The van der Waals surface area contributed by atoms with Crippen LogP contribution in [0.25, 0.3) is 20.3 Å². The van der Waals surface area contributed by atoms with E-state index < -0.39 is 0 Å². The average molecular weight is 300 g/mol. The monoisotopic (exact) mass is 300 g/mol. The molecule has 0 spiro atoms. The SMILES string of the molecule is CC.CCC(CC)c1nc(C)c2c(n1)sc1ccccc12. The third-order valence-electron chi connectivity index (χ3n) is 3.79. The number of rotatable bonds is 3. The molecule has 1 aromatic carbocycles. The van der Waals surface area contributed by atoms with E-state index in [1.54, 1.807) is 11.3 Å². The van der Waals surface area contributed by atoms with E-state index >= 15 is 0 Å². The van der Waals surface area contributed by atoms with E-state index in [-0.39, 0.29) is 0 Å². The van der Waals surface area contributed by atoms with E-state index in [4.69, 9.17) is 9.97 Å². The number of aryl methyl sites for hydroxylation is 1. The maximum atomic E-state index is 4.82. The highest BCUT2D eigenvalue weighted by Gasteiger charge is 2.15. The van der Waals surface area contributed by atoms with E-state index in [1.165, 1.54) is 15.5 Å². The van der Waals surface area contributed by atoms with Crippen LogP contribution < -0.4 is 0 Å². The van der Waals surface area contributed by atoms with E-state index in [0.717, 1.165) is 29.2 Å². The molecule has 3 aromatic rings. The predicted octanol–water partition coefficient (Wildman–Crippen LogP) is 6.08. The van der Waals surface area contributed by atoms with Crippen molar-refractivity contribution in [2.24, 2.45) is 0 Å². The molecule has 0 saturated heterocycles.